The summed E-state index contributed by atoms with van der Waals surface area (Å²) in [4.78, 5) is 13.2. The van der Waals surface area contributed by atoms with Crippen LogP contribution >= 0.6 is 11.8 Å². The second-order valence-electron chi connectivity index (χ2n) is 5.61. The summed E-state index contributed by atoms with van der Waals surface area (Å²) >= 11 is 1.56. The number of thioether (sulfide) groups is 1. The second-order valence-corrected chi connectivity index (χ2v) is 7.02. The lowest BCUT2D eigenvalue weighted by Gasteiger charge is -2.12. The number of amides is 1. The third-order valence-corrected chi connectivity index (χ3v) is 4.67. The number of benzene rings is 2. The van der Waals surface area contributed by atoms with Gasteiger partial charge < -0.3 is 10.1 Å². The summed E-state index contributed by atoms with van der Waals surface area (Å²) in [6, 6.07) is 18.1. The highest BCUT2D eigenvalue weighted by Crippen LogP contribution is 2.22. The van der Waals surface area contributed by atoms with E-state index in [0.29, 0.717) is 13.2 Å². The number of carbonyl (C=O) groups is 1. The van der Waals surface area contributed by atoms with Crippen molar-refractivity contribution in [1.82, 2.24) is 5.32 Å². The van der Waals surface area contributed by atoms with Gasteiger partial charge in [0.2, 0.25) is 5.91 Å². The first-order chi connectivity index (χ1) is 11.7. The van der Waals surface area contributed by atoms with Crippen molar-refractivity contribution in [3.8, 4) is 5.75 Å². The first-order valence-electron chi connectivity index (χ1n) is 8.40. The molecule has 0 saturated heterocycles. The zero-order valence-corrected chi connectivity index (χ0v) is 15.1. The molecule has 0 aliphatic rings. The third-order valence-electron chi connectivity index (χ3n) is 3.56. The summed E-state index contributed by atoms with van der Waals surface area (Å²) in [5.41, 5.74) is 1.32. The second kappa shape index (κ2) is 10.0. The zero-order chi connectivity index (χ0) is 17.2. The molecule has 0 bridgehead atoms. The molecule has 2 rings (SSSR count). The van der Waals surface area contributed by atoms with Crippen molar-refractivity contribution < 1.29 is 9.53 Å². The summed E-state index contributed by atoms with van der Waals surface area (Å²) in [5, 5.41) is 2.80. The number of nitrogens with one attached hydrogen (secondary N) is 1. The van der Waals surface area contributed by atoms with E-state index >= 15 is 0 Å². The molecule has 1 N–H and O–H groups in total. The van der Waals surface area contributed by atoms with Crippen molar-refractivity contribution in [2.75, 3.05) is 13.2 Å². The summed E-state index contributed by atoms with van der Waals surface area (Å²) in [7, 11) is 0. The van der Waals surface area contributed by atoms with Crippen LogP contribution in [0.4, 0.5) is 0 Å². The van der Waals surface area contributed by atoms with E-state index in [0.717, 1.165) is 23.5 Å². The Morgan fingerprint density at radius 2 is 1.83 bits per heavy atom. The Kier molecular flexibility index (Phi) is 7.69. The quantitative estimate of drug-likeness (QED) is 0.544. The molecule has 0 heterocycles. The first kappa shape index (κ1) is 18.4. The lowest BCUT2D eigenvalue weighted by molar-refractivity contribution is -0.120. The van der Waals surface area contributed by atoms with E-state index in [4.69, 9.17) is 4.74 Å². The Balaban J connectivity index is 1.66. The van der Waals surface area contributed by atoms with Crippen LogP contribution in [0.5, 0.6) is 5.75 Å². The molecule has 3 nitrogen and oxygen atoms in total. The topological polar surface area (TPSA) is 38.3 Å². The van der Waals surface area contributed by atoms with Gasteiger partial charge in [0.25, 0.3) is 0 Å². The molecule has 0 aliphatic heterocycles. The predicted octanol–water partition coefficient (Wildman–Crippen LogP) is 4.31. The maximum Gasteiger partial charge on any atom is 0.233 e. The average molecular weight is 343 g/mol. The van der Waals surface area contributed by atoms with E-state index in [1.54, 1.807) is 11.8 Å². The van der Waals surface area contributed by atoms with E-state index in [1.807, 2.05) is 49.4 Å². The van der Waals surface area contributed by atoms with Crippen LogP contribution in [0.15, 0.2) is 59.5 Å². The third kappa shape index (κ3) is 6.28. The average Bonchev–Trinajstić information content (AvgIpc) is 2.61. The van der Waals surface area contributed by atoms with Crippen LogP contribution in [0.3, 0.4) is 0 Å². The number of aryl methyl sites for hydroxylation is 1. The molecule has 0 radical (unpaired) electrons. The Bertz CT molecular complexity index is 613. The smallest absolute Gasteiger partial charge is 0.233 e. The molecular weight excluding hydrogens is 318 g/mol. The minimum absolute atomic E-state index is 0.0331. The van der Waals surface area contributed by atoms with Gasteiger partial charge in [-0.2, -0.15) is 0 Å². The van der Waals surface area contributed by atoms with Gasteiger partial charge in [0.15, 0.2) is 0 Å². The number of carbonyl (C=O) groups excluding carboxylic acids is 1. The van der Waals surface area contributed by atoms with Gasteiger partial charge in [0, 0.05) is 4.90 Å². The minimum atomic E-state index is -0.124. The van der Waals surface area contributed by atoms with Crippen molar-refractivity contribution in [3.63, 3.8) is 0 Å². The van der Waals surface area contributed by atoms with Gasteiger partial charge in [0.1, 0.15) is 12.4 Å². The maximum atomic E-state index is 12.1. The van der Waals surface area contributed by atoms with Gasteiger partial charge in [-0.1, -0.05) is 43.7 Å². The van der Waals surface area contributed by atoms with E-state index in [2.05, 4.69) is 24.4 Å². The molecule has 0 saturated carbocycles. The molecule has 24 heavy (non-hydrogen) atoms. The molecule has 128 valence electrons. The number of ether oxygens (including phenoxy) is 1. The van der Waals surface area contributed by atoms with Gasteiger partial charge >= 0.3 is 0 Å². The van der Waals surface area contributed by atoms with Gasteiger partial charge in [-0.3, -0.25) is 4.79 Å². The monoisotopic (exact) mass is 343 g/mol. The van der Waals surface area contributed by atoms with Crippen LogP contribution in [0.1, 0.15) is 25.8 Å². The molecule has 1 atom stereocenters. The van der Waals surface area contributed by atoms with Gasteiger partial charge in [0.05, 0.1) is 11.8 Å². The van der Waals surface area contributed by atoms with Crippen molar-refractivity contribution >= 4 is 17.7 Å². The van der Waals surface area contributed by atoms with Gasteiger partial charge in [-0.15, -0.1) is 11.8 Å². The number of hydrogen-bond donors (Lipinski definition) is 1. The van der Waals surface area contributed by atoms with E-state index in [9.17, 15) is 4.79 Å². The van der Waals surface area contributed by atoms with Crippen molar-refractivity contribution in [2.45, 2.75) is 36.8 Å². The summed E-state index contributed by atoms with van der Waals surface area (Å²) in [6.45, 7) is 5.07. The zero-order valence-electron chi connectivity index (χ0n) is 14.3. The highest BCUT2D eigenvalue weighted by molar-refractivity contribution is 8.00. The fourth-order valence-electron chi connectivity index (χ4n) is 2.28. The summed E-state index contributed by atoms with van der Waals surface area (Å²) in [5.74, 6) is 0.876. The molecule has 0 fully saturated rings. The molecule has 4 heteroatoms. The molecule has 1 amide bonds. The SMILES string of the molecule is CCCc1ccc(OCCNC(=O)[C@@H](C)Sc2ccccc2)cc1. The summed E-state index contributed by atoms with van der Waals surface area (Å²) in [6.07, 6.45) is 2.23. The molecule has 0 aromatic heterocycles. The molecule has 0 aliphatic carbocycles. The van der Waals surface area contributed by atoms with Crippen LogP contribution in [0.25, 0.3) is 0 Å². The van der Waals surface area contributed by atoms with Crippen molar-refractivity contribution in [2.24, 2.45) is 0 Å². The van der Waals surface area contributed by atoms with E-state index < -0.39 is 0 Å². The van der Waals surface area contributed by atoms with Crippen LogP contribution in [0.2, 0.25) is 0 Å². The minimum Gasteiger partial charge on any atom is -0.492 e. The lowest BCUT2D eigenvalue weighted by Crippen LogP contribution is -2.33. The Hall–Kier alpha value is -1.94. The van der Waals surface area contributed by atoms with Crippen LogP contribution < -0.4 is 10.1 Å². The molecule has 2 aromatic rings. The van der Waals surface area contributed by atoms with E-state index in [-0.39, 0.29) is 11.2 Å². The predicted molar refractivity (Wildman–Crippen MR) is 101 cm³/mol. The highest BCUT2D eigenvalue weighted by Gasteiger charge is 2.13. The Labute approximate surface area is 148 Å². The van der Waals surface area contributed by atoms with Crippen LogP contribution in [-0.4, -0.2) is 24.3 Å². The van der Waals surface area contributed by atoms with E-state index in [1.165, 1.54) is 5.56 Å². The molecule has 2 aromatic carbocycles. The Morgan fingerprint density at radius 1 is 1.12 bits per heavy atom. The van der Waals surface area contributed by atoms with Gasteiger partial charge in [-0.25, -0.2) is 0 Å². The lowest BCUT2D eigenvalue weighted by atomic mass is 10.1. The number of hydrogen-bond acceptors (Lipinski definition) is 3. The van der Waals surface area contributed by atoms with Crippen LogP contribution in [-0.2, 0) is 11.2 Å². The largest absolute Gasteiger partial charge is 0.492 e. The van der Waals surface area contributed by atoms with Crippen LogP contribution in [0, 0.1) is 0 Å². The molecule has 0 spiro atoms. The van der Waals surface area contributed by atoms with Gasteiger partial charge in [-0.05, 0) is 43.2 Å². The summed E-state index contributed by atoms with van der Waals surface area (Å²) < 4.78 is 5.67. The van der Waals surface area contributed by atoms with Crippen molar-refractivity contribution in [3.05, 3.63) is 60.2 Å². The maximum absolute atomic E-state index is 12.1. The first-order valence-corrected chi connectivity index (χ1v) is 9.28. The standard InChI is InChI=1S/C20H25NO2S/c1-3-7-17-10-12-18(13-11-17)23-15-14-21-20(22)16(2)24-19-8-5-4-6-9-19/h4-6,8-13,16H,3,7,14-15H2,1-2H3,(H,21,22)/t16-/m1/s1. The Morgan fingerprint density at radius 3 is 2.50 bits per heavy atom. The molecule has 0 unspecified atom stereocenters. The van der Waals surface area contributed by atoms with Crippen molar-refractivity contribution in [1.29, 1.82) is 0 Å². The fraction of sp³-hybridized carbons (Fsp3) is 0.350. The fourth-order valence-corrected chi connectivity index (χ4v) is 3.20. The normalized spacial score (nSPS) is 11.8. The number of rotatable bonds is 9. The molecular formula is C20H25NO2S. The highest BCUT2D eigenvalue weighted by atomic mass is 32.2.